The van der Waals surface area contributed by atoms with E-state index in [2.05, 4.69) is 68.8 Å². The lowest BCUT2D eigenvalue weighted by Crippen LogP contribution is -2.61. The number of carboxylic acid groups (broad SMARTS) is 2. The van der Waals surface area contributed by atoms with Crippen LogP contribution in [0.3, 0.4) is 0 Å². The number of nitrogens with one attached hydrogen (secondary N) is 14. The zero-order chi connectivity index (χ0) is 83.9. The number of guanidine groups is 1. The largest absolute Gasteiger partial charge is 0.481 e. The third-order valence-corrected chi connectivity index (χ3v) is 16.8. The Kier molecular flexibility index (Phi) is 39.3. The van der Waals surface area contributed by atoms with E-state index >= 15 is 4.79 Å². The number of carboxylic acids is 2. The molecule has 18 amide bonds. The Labute approximate surface area is 639 Å². The third-order valence-electron chi connectivity index (χ3n) is 16.8. The minimum absolute atomic E-state index is 0.0316. The van der Waals surface area contributed by atoms with Crippen molar-refractivity contribution in [3.05, 3.63) is 71.9 Å². The van der Waals surface area contributed by atoms with Crippen LogP contribution in [0.4, 0.5) is 0 Å². The number of para-hydroxylation sites is 1. The minimum Gasteiger partial charge on any atom is -0.481 e. The van der Waals surface area contributed by atoms with Gasteiger partial charge in [-0.25, -0.2) is 0 Å². The Morgan fingerprint density at radius 1 is 0.348 bits per heavy atom. The first-order valence-electron chi connectivity index (χ1n) is 35.1. The van der Waals surface area contributed by atoms with Crippen LogP contribution in [0.25, 0.3) is 10.9 Å². The Morgan fingerprint density at radius 2 is 0.625 bits per heavy atom. The van der Waals surface area contributed by atoms with Gasteiger partial charge >= 0.3 is 11.9 Å². The second-order valence-electron chi connectivity index (χ2n) is 25.9. The molecule has 3 aromatic rings. The molecule has 0 aliphatic carbocycles. The number of aliphatic carboxylic acids is 2. The number of amides is 18. The van der Waals surface area contributed by atoms with E-state index in [0.29, 0.717) is 22.0 Å². The quantitative estimate of drug-likeness (QED) is 0.0142. The minimum atomic E-state index is -2.02. The summed E-state index contributed by atoms with van der Waals surface area (Å²) in [4.78, 5) is 267. The molecular formula is C68H98N22O22. The Bertz CT molecular complexity index is 3930. The van der Waals surface area contributed by atoms with Crippen molar-refractivity contribution in [2.24, 2.45) is 45.9 Å². The lowest BCUT2D eigenvalue weighted by molar-refractivity contribution is -0.140. The predicted molar refractivity (Wildman–Crippen MR) is 392 cm³/mol. The molecule has 1 aromatic heterocycles. The highest BCUT2D eigenvalue weighted by atomic mass is 16.4. The summed E-state index contributed by atoms with van der Waals surface area (Å²) in [7, 11) is 0. The first kappa shape index (κ1) is 92.9. The molecule has 3 rings (SSSR count). The van der Waals surface area contributed by atoms with Crippen LogP contribution in [0, 0.1) is 5.41 Å². The normalized spacial score (nSPS) is 13.8. The molecule has 0 unspecified atom stereocenters. The summed E-state index contributed by atoms with van der Waals surface area (Å²) in [5.41, 5.74) is 44.4. The smallest absolute Gasteiger partial charge is 0.303 e. The van der Waals surface area contributed by atoms with Crippen molar-refractivity contribution in [1.29, 1.82) is 5.41 Å². The molecule has 32 N–H and O–H groups in total. The van der Waals surface area contributed by atoms with Crippen molar-refractivity contribution in [2.45, 2.75) is 202 Å². The second-order valence-corrected chi connectivity index (χ2v) is 25.9. The number of carbonyl (C=O) groups is 20. The molecular weight excluding hydrogens is 1480 g/mol. The number of H-pyrrole nitrogens is 1. The summed E-state index contributed by atoms with van der Waals surface area (Å²) < 4.78 is 0. The number of benzene rings is 2. The van der Waals surface area contributed by atoms with Gasteiger partial charge in [-0.3, -0.25) is 101 Å². The molecule has 0 bridgehead atoms. The van der Waals surface area contributed by atoms with Crippen LogP contribution in [0.15, 0.2) is 60.8 Å². The summed E-state index contributed by atoms with van der Waals surface area (Å²) in [5, 5.41) is 56.2. The fraction of sp³-hybridized carbons (Fsp3) is 0.485. The zero-order valence-electron chi connectivity index (χ0n) is 61.2. The van der Waals surface area contributed by atoms with Crippen LogP contribution in [0.2, 0.25) is 0 Å². The maximum absolute atomic E-state index is 15.0. The van der Waals surface area contributed by atoms with Gasteiger partial charge in [0.1, 0.15) is 66.5 Å². The standard InChI is InChI=1S/C68H98N22O22/c1-33(91)80-40(14-22-50(70)93)59(104)83-42(16-24-52(72)95)61(106)82-39(12-7-29-78-68(76)77)58(103)89-47(30-34-8-3-2-4-9-34)66(111)87-44(18-26-54(74)97)65(110)90-48(31-35-32-79-37-11-6-5-10-36(35)37)67(112)88-43(17-25-53(73)96)62(107)85-46(20-28-56(100)101)64(109)86-45(19-27-55(98)99)63(108)84-41(15-23-51(71)94)60(105)81-38(57(75)102)13-21-49(69)92/h2-6,8-11,32,38-48,79H,7,12-31H2,1H3,(H2,69,92)(H2,70,93)(H2,71,94)(H2,72,95)(H2,73,96)(H2,74,97)(H2,75,102)(H,80,91)(H,81,105)(H,82,106)(H,83,104)(H,84,108)(H,85,107)(H,86,109)(H,87,111)(H,88,112)(H,89,103)(H,90,110)(H,98,99)(H,100,101)(H4,76,77,78)/t38-,39-,40-,41-,42-,43-,44-,45-,46-,47-,48-/m0/s1. The number of nitrogens with two attached hydrogens (primary N) is 8. The van der Waals surface area contributed by atoms with Crippen molar-refractivity contribution in [3.63, 3.8) is 0 Å². The number of primary amides is 7. The molecule has 612 valence electrons. The highest BCUT2D eigenvalue weighted by molar-refractivity contribution is 6.01. The van der Waals surface area contributed by atoms with E-state index in [4.69, 9.17) is 51.3 Å². The molecule has 44 heteroatoms. The monoisotopic (exact) mass is 1570 g/mol. The number of aromatic amines is 1. The number of hydrogen-bond donors (Lipinski definition) is 24. The first-order valence-corrected chi connectivity index (χ1v) is 35.1. The average molecular weight is 1580 g/mol. The second kappa shape index (κ2) is 47.4. The van der Waals surface area contributed by atoms with E-state index in [9.17, 15) is 101 Å². The summed E-state index contributed by atoms with van der Waals surface area (Å²) in [5.74, 6) is -23.2. The lowest BCUT2D eigenvalue weighted by Gasteiger charge is -2.28. The van der Waals surface area contributed by atoms with Gasteiger partial charge in [0.05, 0.1) is 0 Å². The SMILES string of the molecule is CC(=O)N[C@@H](CCC(N)=O)C(=O)N[C@@H](CCC(N)=O)C(=O)N[C@@H](CCCNC(=N)N)C(=O)N[C@@H](Cc1ccccc1)C(=O)N[C@@H](CCC(N)=O)C(=O)N[C@@H](Cc1c[nH]c2ccccc12)C(=O)N[C@@H](CCC(N)=O)C(=O)N[C@@H](CCC(=O)O)C(=O)N[C@@H](CCC(=O)O)C(=O)N[C@@H](CCC(N)=O)C(=O)N[C@@H](CCC(N)=O)C(N)=O. The highest BCUT2D eigenvalue weighted by Gasteiger charge is 2.38. The maximum Gasteiger partial charge on any atom is 0.303 e. The molecule has 44 nitrogen and oxygen atoms in total. The summed E-state index contributed by atoms with van der Waals surface area (Å²) in [6, 6.07) is -5.01. The lowest BCUT2D eigenvalue weighted by atomic mass is 10.0. The molecule has 11 atom stereocenters. The van der Waals surface area contributed by atoms with Gasteiger partial charge in [0.25, 0.3) is 0 Å². The highest BCUT2D eigenvalue weighted by Crippen LogP contribution is 2.21. The van der Waals surface area contributed by atoms with Crippen LogP contribution < -0.4 is 110 Å². The molecule has 1 heterocycles. The van der Waals surface area contributed by atoms with Crippen LogP contribution in [0.1, 0.15) is 134 Å². The Hall–Kier alpha value is -13.3. The molecule has 0 aliphatic rings. The van der Waals surface area contributed by atoms with Gasteiger partial charge in [-0.05, 0) is 81.4 Å². The number of hydrogen-bond acceptors (Lipinski definition) is 21. The first-order chi connectivity index (χ1) is 52.7. The number of rotatable bonds is 54. The van der Waals surface area contributed by atoms with Gasteiger partial charge in [0.2, 0.25) is 106 Å². The summed E-state index contributed by atoms with van der Waals surface area (Å²) in [6.07, 6.45) is -9.46. The topological polar surface area (TPSA) is 774 Å². The molecule has 0 saturated heterocycles. The fourth-order valence-electron chi connectivity index (χ4n) is 11.0. The van der Waals surface area contributed by atoms with Gasteiger partial charge < -0.3 is 125 Å². The molecule has 0 aliphatic heterocycles. The summed E-state index contributed by atoms with van der Waals surface area (Å²) >= 11 is 0. The molecule has 2 aromatic carbocycles. The zero-order valence-corrected chi connectivity index (χ0v) is 61.2. The number of aromatic nitrogens is 1. The van der Waals surface area contributed by atoms with E-state index in [0.717, 1.165) is 6.92 Å². The predicted octanol–water partition coefficient (Wildman–Crippen LogP) is -8.62. The van der Waals surface area contributed by atoms with Crippen molar-refractivity contribution in [1.82, 2.24) is 68.8 Å². The van der Waals surface area contributed by atoms with Crippen molar-refractivity contribution >= 4 is 135 Å². The van der Waals surface area contributed by atoms with Crippen LogP contribution >= 0.6 is 0 Å². The molecule has 0 saturated carbocycles. The van der Waals surface area contributed by atoms with Crippen molar-refractivity contribution in [3.8, 4) is 0 Å². The Balaban J connectivity index is 2.15. The molecule has 0 spiro atoms. The number of carbonyl (C=O) groups excluding carboxylic acids is 18. The molecule has 0 radical (unpaired) electrons. The van der Waals surface area contributed by atoms with E-state index in [1.54, 1.807) is 54.6 Å². The van der Waals surface area contributed by atoms with Crippen LogP contribution in [-0.4, -0.2) is 212 Å². The fourth-order valence-corrected chi connectivity index (χ4v) is 11.0. The summed E-state index contributed by atoms with van der Waals surface area (Å²) in [6.45, 7) is 1.00. The van der Waals surface area contributed by atoms with Crippen LogP contribution in [0.5, 0.6) is 0 Å². The number of fused-ring (bicyclic) bond motifs is 1. The maximum atomic E-state index is 15.0. The van der Waals surface area contributed by atoms with E-state index in [1.165, 1.54) is 6.20 Å². The Morgan fingerprint density at radius 3 is 0.946 bits per heavy atom. The van der Waals surface area contributed by atoms with Gasteiger partial charge in [0, 0.05) is 94.8 Å². The van der Waals surface area contributed by atoms with Crippen molar-refractivity contribution in [2.75, 3.05) is 6.54 Å². The van der Waals surface area contributed by atoms with Crippen molar-refractivity contribution < 1.29 is 106 Å². The molecule has 112 heavy (non-hydrogen) atoms. The van der Waals surface area contributed by atoms with E-state index < -0.39 is 293 Å². The van der Waals surface area contributed by atoms with Gasteiger partial charge in [-0.2, -0.15) is 0 Å². The van der Waals surface area contributed by atoms with Crippen LogP contribution in [-0.2, 0) is 109 Å². The average Bonchev–Trinajstić information content (AvgIpc) is 1.59. The third kappa shape index (κ3) is 35.6. The molecule has 0 fully saturated rings. The van der Waals surface area contributed by atoms with E-state index in [1.807, 2.05) is 0 Å². The van der Waals surface area contributed by atoms with Gasteiger partial charge in [-0.1, -0.05) is 48.5 Å². The van der Waals surface area contributed by atoms with Gasteiger partial charge in [-0.15, -0.1) is 0 Å². The van der Waals surface area contributed by atoms with E-state index in [-0.39, 0.29) is 32.2 Å². The van der Waals surface area contributed by atoms with Gasteiger partial charge in [0.15, 0.2) is 5.96 Å².